The van der Waals surface area contributed by atoms with Gasteiger partial charge in [0.05, 0.1) is 43.1 Å². The van der Waals surface area contributed by atoms with E-state index in [1.54, 1.807) is 38.6 Å². The fourth-order valence-corrected chi connectivity index (χ4v) is 4.48. The lowest BCUT2D eigenvalue weighted by Gasteiger charge is -2.33. The molecule has 1 atom stereocenters. The number of anilines is 1. The molecular formula is C22H20F3N5O3. The molecule has 2 aliphatic rings. The quantitative estimate of drug-likeness (QED) is 0.590. The highest BCUT2D eigenvalue weighted by Gasteiger charge is 2.56. The molecule has 5 heterocycles. The molecule has 1 fully saturated rings. The SMILES string of the molecule is COc1cncc(-c2cc(C)c3c(n2)[C@@]2(CCCO2)N(c2cnn(CC(F)(F)F)c2)C3=O)c1. The molecule has 0 aromatic carbocycles. The van der Waals surface area contributed by atoms with E-state index in [9.17, 15) is 18.0 Å². The summed E-state index contributed by atoms with van der Waals surface area (Å²) in [4.78, 5) is 23.9. The molecular weight excluding hydrogens is 439 g/mol. The van der Waals surface area contributed by atoms with E-state index in [0.29, 0.717) is 53.3 Å². The van der Waals surface area contributed by atoms with E-state index in [4.69, 9.17) is 14.5 Å². The third-order valence-electron chi connectivity index (χ3n) is 5.83. The smallest absolute Gasteiger partial charge is 0.408 e. The highest BCUT2D eigenvalue weighted by molar-refractivity contribution is 6.12. The number of halogens is 3. The van der Waals surface area contributed by atoms with Crippen LogP contribution in [0.3, 0.4) is 0 Å². The van der Waals surface area contributed by atoms with Gasteiger partial charge in [-0.3, -0.25) is 19.4 Å². The Morgan fingerprint density at radius 1 is 1.24 bits per heavy atom. The lowest BCUT2D eigenvalue weighted by atomic mass is 9.99. The number of amides is 1. The molecule has 3 aromatic rings. The molecule has 0 aliphatic carbocycles. The van der Waals surface area contributed by atoms with Gasteiger partial charge in [-0.25, -0.2) is 4.98 Å². The highest BCUT2D eigenvalue weighted by Crippen LogP contribution is 2.49. The van der Waals surface area contributed by atoms with Crippen molar-refractivity contribution < 1.29 is 27.4 Å². The van der Waals surface area contributed by atoms with Gasteiger partial charge in [-0.2, -0.15) is 18.3 Å². The Balaban J connectivity index is 1.62. The number of hydrogen-bond donors (Lipinski definition) is 0. The minimum Gasteiger partial charge on any atom is -0.495 e. The zero-order valence-electron chi connectivity index (χ0n) is 17.9. The molecule has 1 spiro atoms. The summed E-state index contributed by atoms with van der Waals surface area (Å²) in [7, 11) is 1.54. The standard InChI is InChI=1S/C22H20F3N5O3/c1-13-6-17(14-7-16(32-2)10-26-8-14)28-19-18(13)20(31)30(21(19)4-3-5-33-21)15-9-27-29(11-15)12-22(23,24)25/h6-11H,3-5,12H2,1-2H3/t21-/m0/s1. The fraction of sp³-hybridized carbons (Fsp3) is 0.364. The molecule has 3 aromatic heterocycles. The van der Waals surface area contributed by atoms with E-state index in [1.807, 2.05) is 0 Å². The maximum Gasteiger partial charge on any atom is 0.408 e. The number of ether oxygens (including phenoxy) is 2. The number of carbonyl (C=O) groups is 1. The van der Waals surface area contributed by atoms with Crippen molar-refractivity contribution in [2.24, 2.45) is 0 Å². The van der Waals surface area contributed by atoms with Crippen LogP contribution in [0.25, 0.3) is 11.3 Å². The van der Waals surface area contributed by atoms with Crippen molar-refractivity contribution in [3.63, 3.8) is 0 Å². The average molecular weight is 459 g/mol. The van der Waals surface area contributed by atoms with Crippen molar-refractivity contribution in [1.29, 1.82) is 0 Å². The molecule has 2 aliphatic heterocycles. The second-order valence-electron chi connectivity index (χ2n) is 8.05. The van der Waals surface area contributed by atoms with Crippen LogP contribution in [-0.2, 0) is 17.0 Å². The zero-order chi connectivity index (χ0) is 23.4. The van der Waals surface area contributed by atoms with Gasteiger partial charge in [-0.05, 0) is 31.0 Å². The number of methoxy groups -OCH3 is 1. The third kappa shape index (κ3) is 3.52. The predicted octanol–water partition coefficient (Wildman–Crippen LogP) is 3.84. The molecule has 33 heavy (non-hydrogen) atoms. The minimum absolute atomic E-state index is 0.230. The van der Waals surface area contributed by atoms with Crippen molar-refractivity contribution in [1.82, 2.24) is 19.7 Å². The van der Waals surface area contributed by atoms with Crippen LogP contribution in [0.2, 0.25) is 0 Å². The third-order valence-corrected chi connectivity index (χ3v) is 5.83. The average Bonchev–Trinajstić information content (AvgIpc) is 3.47. The molecule has 1 saturated heterocycles. The van der Waals surface area contributed by atoms with E-state index in [1.165, 1.54) is 17.3 Å². The molecule has 1 amide bonds. The Bertz CT molecular complexity index is 1230. The topological polar surface area (TPSA) is 82.4 Å². The van der Waals surface area contributed by atoms with Crippen molar-refractivity contribution in [3.8, 4) is 17.0 Å². The maximum absolute atomic E-state index is 13.5. The summed E-state index contributed by atoms with van der Waals surface area (Å²) >= 11 is 0. The molecule has 0 N–H and O–H groups in total. The van der Waals surface area contributed by atoms with Crippen LogP contribution in [0.5, 0.6) is 5.75 Å². The molecule has 172 valence electrons. The number of pyridine rings is 2. The zero-order valence-corrected chi connectivity index (χ0v) is 17.9. The van der Waals surface area contributed by atoms with Crippen molar-refractivity contribution in [2.45, 2.75) is 38.2 Å². The first-order valence-corrected chi connectivity index (χ1v) is 10.3. The van der Waals surface area contributed by atoms with Gasteiger partial charge in [0.2, 0.25) is 0 Å². The van der Waals surface area contributed by atoms with Gasteiger partial charge in [0.1, 0.15) is 18.0 Å². The Morgan fingerprint density at radius 3 is 2.76 bits per heavy atom. The van der Waals surface area contributed by atoms with Gasteiger partial charge < -0.3 is 9.47 Å². The van der Waals surface area contributed by atoms with Crippen LogP contribution in [-0.4, -0.2) is 45.5 Å². The molecule has 11 heteroatoms. The number of carbonyl (C=O) groups excluding carboxylic acids is 1. The minimum atomic E-state index is -4.43. The van der Waals surface area contributed by atoms with Crippen LogP contribution >= 0.6 is 0 Å². The van der Waals surface area contributed by atoms with Crippen LogP contribution in [0, 0.1) is 6.92 Å². The van der Waals surface area contributed by atoms with Crippen molar-refractivity contribution in [3.05, 3.63) is 53.7 Å². The van der Waals surface area contributed by atoms with Crippen molar-refractivity contribution >= 4 is 11.6 Å². The first-order valence-electron chi connectivity index (χ1n) is 10.3. The number of alkyl halides is 3. The Kier molecular flexibility index (Phi) is 4.89. The molecule has 0 saturated carbocycles. The maximum atomic E-state index is 13.5. The summed E-state index contributed by atoms with van der Waals surface area (Å²) in [6.45, 7) is 0.945. The number of nitrogens with zero attached hydrogens (tertiary/aromatic N) is 5. The van der Waals surface area contributed by atoms with Gasteiger partial charge in [0, 0.05) is 24.4 Å². The van der Waals surface area contributed by atoms with Crippen LogP contribution < -0.4 is 9.64 Å². The number of aryl methyl sites for hydroxylation is 1. The Hall–Kier alpha value is -3.47. The van der Waals surface area contributed by atoms with E-state index in [-0.39, 0.29) is 11.6 Å². The second kappa shape index (κ2) is 7.55. The monoisotopic (exact) mass is 459 g/mol. The number of fused-ring (bicyclic) bond motifs is 2. The highest BCUT2D eigenvalue weighted by atomic mass is 19.4. The normalized spacial score (nSPS) is 20.0. The van der Waals surface area contributed by atoms with Crippen LogP contribution in [0.4, 0.5) is 18.9 Å². The summed E-state index contributed by atoms with van der Waals surface area (Å²) in [5.41, 5.74) is 1.85. The first-order chi connectivity index (χ1) is 15.7. The van der Waals surface area contributed by atoms with Gasteiger partial charge >= 0.3 is 6.18 Å². The van der Waals surface area contributed by atoms with Crippen LogP contribution in [0.15, 0.2) is 36.9 Å². The predicted molar refractivity (Wildman–Crippen MR) is 111 cm³/mol. The van der Waals surface area contributed by atoms with E-state index in [2.05, 4.69) is 10.1 Å². The van der Waals surface area contributed by atoms with E-state index < -0.39 is 18.4 Å². The molecule has 8 nitrogen and oxygen atoms in total. The second-order valence-corrected chi connectivity index (χ2v) is 8.05. The summed E-state index contributed by atoms with van der Waals surface area (Å²) in [5, 5.41) is 3.81. The Morgan fingerprint density at radius 2 is 2.06 bits per heavy atom. The van der Waals surface area contributed by atoms with Gasteiger partial charge in [0.15, 0.2) is 5.72 Å². The van der Waals surface area contributed by atoms with E-state index >= 15 is 0 Å². The lowest BCUT2D eigenvalue weighted by molar-refractivity contribution is -0.142. The first kappa shape index (κ1) is 21.4. The largest absolute Gasteiger partial charge is 0.495 e. The molecule has 5 rings (SSSR count). The number of hydrogen-bond acceptors (Lipinski definition) is 6. The summed E-state index contributed by atoms with van der Waals surface area (Å²) < 4.78 is 50.6. The summed E-state index contributed by atoms with van der Waals surface area (Å²) in [5.74, 6) is 0.188. The Labute approximate surface area is 187 Å². The summed E-state index contributed by atoms with van der Waals surface area (Å²) in [6.07, 6.45) is 2.39. The fourth-order valence-electron chi connectivity index (χ4n) is 4.48. The van der Waals surface area contributed by atoms with Crippen LogP contribution in [0.1, 0.15) is 34.5 Å². The molecule has 0 unspecified atom stereocenters. The summed E-state index contributed by atoms with van der Waals surface area (Å²) in [6, 6.07) is 3.57. The van der Waals surface area contributed by atoms with Gasteiger partial charge in [-0.15, -0.1) is 0 Å². The lowest BCUT2D eigenvalue weighted by Crippen LogP contribution is -2.43. The molecule has 0 radical (unpaired) electrons. The van der Waals surface area contributed by atoms with Gasteiger partial charge in [-0.1, -0.05) is 0 Å². The molecule has 0 bridgehead atoms. The van der Waals surface area contributed by atoms with Gasteiger partial charge in [0.25, 0.3) is 5.91 Å². The van der Waals surface area contributed by atoms with Crippen molar-refractivity contribution in [2.75, 3.05) is 18.6 Å². The number of aromatic nitrogens is 4. The van der Waals surface area contributed by atoms with E-state index in [0.717, 1.165) is 4.68 Å². The number of rotatable bonds is 4.